The molecule has 0 spiro atoms. The molecule has 0 atom stereocenters. The van der Waals surface area contributed by atoms with Crippen molar-refractivity contribution in [2.45, 2.75) is 65.2 Å². The van der Waals surface area contributed by atoms with Crippen LogP contribution in [0.3, 0.4) is 0 Å². The normalized spacial score (nSPS) is 10.1. The highest BCUT2D eigenvalue weighted by molar-refractivity contribution is 5.75. The van der Waals surface area contributed by atoms with E-state index in [-0.39, 0.29) is 11.9 Å². The van der Waals surface area contributed by atoms with Gasteiger partial charge in [0.2, 0.25) is 5.91 Å². The van der Waals surface area contributed by atoms with Crippen molar-refractivity contribution in [2.75, 3.05) is 13.2 Å². The highest BCUT2D eigenvalue weighted by Gasteiger charge is 2.03. The first kappa shape index (κ1) is 16.9. The molecule has 0 fully saturated rings. The third kappa shape index (κ3) is 11.4. The van der Waals surface area contributed by atoms with E-state index in [2.05, 4.69) is 12.2 Å². The van der Waals surface area contributed by atoms with E-state index in [1.165, 1.54) is 19.3 Å². The molecule has 106 valence electrons. The van der Waals surface area contributed by atoms with Gasteiger partial charge in [-0.1, -0.05) is 32.6 Å². The van der Waals surface area contributed by atoms with Gasteiger partial charge in [0.1, 0.15) is 0 Å². The van der Waals surface area contributed by atoms with Gasteiger partial charge in [-0.05, 0) is 19.8 Å². The van der Waals surface area contributed by atoms with Gasteiger partial charge < -0.3 is 10.1 Å². The number of amides is 1. The number of carbonyl (C=O) groups excluding carboxylic acids is 2. The third-order valence-corrected chi connectivity index (χ3v) is 2.69. The molecule has 0 heterocycles. The van der Waals surface area contributed by atoms with Crippen molar-refractivity contribution in [1.29, 1.82) is 0 Å². The fourth-order valence-electron chi connectivity index (χ4n) is 1.67. The Morgan fingerprint density at radius 3 is 2.33 bits per heavy atom. The molecule has 0 unspecified atom stereocenters. The second kappa shape index (κ2) is 12.4. The predicted molar refractivity (Wildman–Crippen MR) is 72.3 cm³/mol. The zero-order valence-electron chi connectivity index (χ0n) is 11.8. The predicted octanol–water partition coefficient (Wildman–Crippen LogP) is 2.81. The Morgan fingerprint density at radius 2 is 1.67 bits per heavy atom. The largest absolute Gasteiger partial charge is 0.466 e. The molecule has 0 rings (SSSR count). The molecular formula is C14H27NO3. The molecular weight excluding hydrogens is 230 g/mol. The fourth-order valence-corrected chi connectivity index (χ4v) is 1.67. The van der Waals surface area contributed by atoms with Crippen LogP contribution >= 0.6 is 0 Å². The molecule has 0 aromatic heterocycles. The van der Waals surface area contributed by atoms with Crippen LogP contribution in [0.15, 0.2) is 0 Å². The van der Waals surface area contributed by atoms with Gasteiger partial charge in [0, 0.05) is 19.4 Å². The molecule has 18 heavy (non-hydrogen) atoms. The summed E-state index contributed by atoms with van der Waals surface area (Å²) in [6.45, 7) is 4.95. The summed E-state index contributed by atoms with van der Waals surface area (Å²) in [4.78, 5) is 22.4. The molecule has 0 aliphatic rings. The topological polar surface area (TPSA) is 55.4 Å². The van der Waals surface area contributed by atoms with E-state index < -0.39 is 0 Å². The first-order valence-corrected chi connectivity index (χ1v) is 7.13. The number of rotatable bonds is 11. The number of unbranched alkanes of at least 4 members (excludes halogenated alkanes) is 4. The maximum Gasteiger partial charge on any atom is 0.305 e. The first-order chi connectivity index (χ1) is 8.70. The summed E-state index contributed by atoms with van der Waals surface area (Å²) in [5.74, 6) is -0.0957. The Bertz CT molecular complexity index is 229. The first-order valence-electron chi connectivity index (χ1n) is 7.13. The summed E-state index contributed by atoms with van der Waals surface area (Å²) < 4.78 is 4.80. The molecule has 0 saturated carbocycles. The average molecular weight is 257 g/mol. The SMILES string of the molecule is CCCCCCCC(=O)NCCCC(=O)OCC. The minimum atomic E-state index is -0.189. The maximum atomic E-state index is 11.4. The second-order valence-corrected chi connectivity index (χ2v) is 4.42. The van der Waals surface area contributed by atoms with Crippen molar-refractivity contribution < 1.29 is 14.3 Å². The summed E-state index contributed by atoms with van der Waals surface area (Å²) >= 11 is 0. The summed E-state index contributed by atoms with van der Waals surface area (Å²) in [5.41, 5.74) is 0. The Hall–Kier alpha value is -1.06. The van der Waals surface area contributed by atoms with Gasteiger partial charge in [-0.15, -0.1) is 0 Å². The summed E-state index contributed by atoms with van der Waals surface area (Å²) in [7, 11) is 0. The van der Waals surface area contributed by atoms with Crippen LogP contribution in [-0.4, -0.2) is 25.0 Å². The Labute approximate surface area is 110 Å². The Balaban J connectivity index is 3.29. The Kier molecular flexibility index (Phi) is 11.7. The summed E-state index contributed by atoms with van der Waals surface area (Å²) in [6, 6.07) is 0. The van der Waals surface area contributed by atoms with E-state index in [4.69, 9.17) is 4.74 Å². The van der Waals surface area contributed by atoms with Crippen LogP contribution in [0.2, 0.25) is 0 Å². The standard InChI is InChI=1S/C14H27NO3/c1-3-5-6-7-8-10-13(16)15-12-9-11-14(17)18-4-2/h3-12H2,1-2H3,(H,15,16). The number of ether oxygens (including phenoxy) is 1. The number of hydrogen-bond acceptors (Lipinski definition) is 3. The number of esters is 1. The molecule has 0 aliphatic heterocycles. The quantitative estimate of drug-likeness (QED) is 0.457. The number of carbonyl (C=O) groups is 2. The molecule has 0 bridgehead atoms. The molecule has 0 aliphatic carbocycles. The van der Waals surface area contributed by atoms with Crippen molar-refractivity contribution in [1.82, 2.24) is 5.32 Å². The third-order valence-electron chi connectivity index (χ3n) is 2.69. The van der Waals surface area contributed by atoms with Crippen LogP contribution in [0.4, 0.5) is 0 Å². The summed E-state index contributed by atoms with van der Waals surface area (Å²) in [6.07, 6.45) is 7.41. The highest BCUT2D eigenvalue weighted by atomic mass is 16.5. The van der Waals surface area contributed by atoms with E-state index in [0.29, 0.717) is 32.4 Å². The van der Waals surface area contributed by atoms with Gasteiger partial charge in [0.05, 0.1) is 6.61 Å². The molecule has 1 N–H and O–H groups in total. The van der Waals surface area contributed by atoms with Crippen LogP contribution in [0.25, 0.3) is 0 Å². The smallest absolute Gasteiger partial charge is 0.305 e. The van der Waals surface area contributed by atoms with Gasteiger partial charge in [0.25, 0.3) is 0 Å². The van der Waals surface area contributed by atoms with Crippen molar-refractivity contribution >= 4 is 11.9 Å². The van der Waals surface area contributed by atoms with Crippen molar-refractivity contribution in [3.63, 3.8) is 0 Å². The molecule has 0 radical (unpaired) electrons. The van der Waals surface area contributed by atoms with Crippen LogP contribution in [-0.2, 0) is 14.3 Å². The lowest BCUT2D eigenvalue weighted by Crippen LogP contribution is -2.24. The van der Waals surface area contributed by atoms with Gasteiger partial charge in [-0.3, -0.25) is 9.59 Å². The van der Waals surface area contributed by atoms with Gasteiger partial charge in [-0.25, -0.2) is 0 Å². The van der Waals surface area contributed by atoms with Crippen molar-refractivity contribution in [3.8, 4) is 0 Å². The lowest BCUT2D eigenvalue weighted by atomic mass is 10.1. The van der Waals surface area contributed by atoms with Crippen LogP contribution in [0.5, 0.6) is 0 Å². The zero-order chi connectivity index (χ0) is 13.6. The fraction of sp³-hybridized carbons (Fsp3) is 0.857. The molecule has 0 aromatic carbocycles. The van der Waals surface area contributed by atoms with Gasteiger partial charge in [0.15, 0.2) is 0 Å². The molecule has 0 aromatic rings. The van der Waals surface area contributed by atoms with Crippen LogP contribution in [0.1, 0.15) is 65.2 Å². The van der Waals surface area contributed by atoms with Crippen molar-refractivity contribution in [3.05, 3.63) is 0 Å². The van der Waals surface area contributed by atoms with Crippen molar-refractivity contribution in [2.24, 2.45) is 0 Å². The van der Waals surface area contributed by atoms with E-state index >= 15 is 0 Å². The van der Waals surface area contributed by atoms with E-state index in [1.54, 1.807) is 6.92 Å². The minimum absolute atomic E-state index is 0.0929. The summed E-state index contributed by atoms with van der Waals surface area (Å²) in [5, 5.41) is 2.82. The zero-order valence-corrected chi connectivity index (χ0v) is 11.8. The molecule has 1 amide bonds. The lowest BCUT2D eigenvalue weighted by Gasteiger charge is -2.05. The second-order valence-electron chi connectivity index (χ2n) is 4.42. The molecule has 4 heteroatoms. The monoisotopic (exact) mass is 257 g/mol. The highest BCUT2D eigenvalue weighted by Crippen LogP contribution is 2.04. The van der Waals surface area contributed by atoms with E-state index in [1.807, 2.05) is 0 Å². The number of nitrogens with one attached hydrogen (secondary N) is 1. The van der Waals surface area contributed by atoms with Crippen LogP contribution in [0, 0.1) is 0 Å². The maximum absolute atomic E-state index is 11.4. The molecule has 0 saturated heterocycles. The van der Waals surface area contributed by atoms with Gasteiger partial charge >= 0.3 is 5.97 Å². The molecule has 4 nitrogen and oxygen atoms in total. The average Bonchev–Trinajstić information content (AvgIpc) is 2.35. The minimum Gasteiger partial charge on any atom is -0.466 e. The van der Waals surface area contributed by atoms with Crippen LogP contribution < -0.4 is 5.32 Å². The van der Waals surface area contributed by atoms with E-state index in [0.717, 1.165) is 12.8 Å². The lowest BCUT2D eigenvalue weighted by molar-refractivity contribution is -0.143. The van der Waals surface area contributed by atoms with Gasteiger partial charge in [-0.2, -0.15) is 0 Å². The van der Waals surface area contributed by atoms with E-state index in [9.17, 15) is 9.59 Å². The Morgan fingerprint density at radius 1 is 0.944 bits per heavy atom. The number of hydrogen-bond donors (Lipinski definition) is 1.